The Morgan fingerprint density at radius 3 is 2.50 bits per heavy atom. The monoisotopic (exact) mass is 335 g/mol. The second kappa shape index (κ2) is 6.34. The highest BCUT2D eigenvalue weighted by molar-refractivity contribution is 14.1. The molecule has 0 aliphatic carbocycles. The molecule has 0 aliphatic heterocycles. The quantitative estimate of drug-likeness (QED) is 0.841. The summed E-state index contributed by atoms with van der Waals surface area (Å²) < 4.78 is 6.54. The van der Waals surface area contributed by atoms with E-state index in [1.54, 1.807) is 0 Å². The highest BCUT2D eigenvalue weighted by Gasteiger charge is 2.16. The molecule has 2 N–H and O–H groups in total. The average molecular weight is 335 g/mol. The maximum atomic E-state index is 5.87. The third kappa shape index (κ3) is 3.04. The number of hydrogen-bond donors (Lipinski definition) is 1. The number of aryl methyl sites for hydroxylation is 1. The van der Waals surface area contributed by atoms with Crippen LogP contribution in [-0.4, -0.2) is 16.6 Å². The lowest BCUT2D eigenvalue weighted by Crippen LogP contribution is -2.12. The molecule has 4 nitrogen and oxygen atoms in total. The van der Waals surface area contributed by atoms with Crippen LogP contribution in [-0.2, 0) is 11.2 Å². The van der Waals surface area contributed by atoms with Crippen molar-refractivity contribution in [3.05, 3.63) is 15.1 Å². The summed E-state index contributed by atoms with van der Waals surface area (Å²) in [5.74, 6) is 1.26. The predicted octanol–water partition coefficient (Wildman–Crippen LogP) is 2.71. The summed E-state index contributed by atoms with van der Waals surface area (Å²) >= 11 is 2.19. The Balaban J connectivity index is 3.08. The minimum atomic E-state index is -0.0467. The van der Waals surface area contributed by atoms with E-state index in [1.165, 1.54) is 0 Å². The highest BCUT2D eigenvalue weighted by atomic mass is 127. The van der Waals surface area contributed by atoms with Crippen molar-refractivity contribution in [1.29, 1.82) is 0 Å². The number of nitrogens with zero attached hydrogens (tertiary/aromatic N) is 2. The fraction of sp³-hybridized carbons (Fsp3) is 0.636. The van der Waals surface area contributed by atoms with Gasteiger partial charge in [-0.05, 0) is 42.4 Å². The van der Waals surface area contributed by atoms with Gasteiger partial charge in [0.15, 0.2) is 5.82 Å². The molecule has 1 aromatic rings. The van der Waals surface area contributed by atoms with Crippen molar-refractivity contribution in [1.82, 2.24) is 9.97 Å². The third-order valence-electron chi connectivity index (χ3n) is 2.32. The van der Waals surface area contributed by atoms with Crippen molar-refractivity contribution in [2.45, 2.75) is 39.7 Å². The van der Waals surface area contributed by atoms with E-state index < -0.39 is 0 Å². The molecule has 1 heterocycles. The fourth-order valence-corrected chi connectivity index (χ4v) is 2.11. The van der Waals surface area contributed by atoms with Crippen LogP contribution in [0.4, 0.5) is 5.82 Å². The molecule has 0 saturated heterocycles. The number of rotatable bonds is 5. The van der Waals surface area contributed by atoms with Gasteiger partial charge in [-0.1, -0.05) is 13.8 Å². The molecular formula is C11H18IN3O. The topological polar surface area (TPSA) is 61.0 Å². The molecule has 16 heavy (non-hydrogen) atoms. The molecule has 0 radical (unpaired) electrons. The van der Waals surface area contributed by atoms with Crippen LogP contribution in [0.5, 0.6) is 0 Å². The SMILES string of the molecule is CCOC(CC)c1nc(N)c(I)c(CC)n1. The molecule has 0 aliphatic rings. The zero-order valence-corrected chi connectivity index (χ0v) is 12.1. The van der Waals surface area contributed by atoms with Crippen LogP contribution in [0, 0.1) is 3.57 Å². The van der Waals surface area contributed by atoms with Crippen LogP contribution in [0.25, 0.3) is 0 Å². The van der Waals surface area contributed by atoms with Gasteiger partial charge in [0.05, 0.1) is 9.26 Å². The average Bonchev–Trinajstić information content (AvgIpc) is 2.29. The molecule has 0 bridgehead atoms. The van der Waals surface area contributed by atoms with E-state index in [1.807, 2.05) is 6.92 Å². The Morgan fingerprint density at radius 2 is 2.00 bits per heavy atom. The molecule has 1 rings (SSSR count). The molecule has 1 aromatic heterocycles. The highest BCUT2D eigenvalue weighted by Crippen LogP contribution is 2.23. The minimum absolute atomic E-state index is 0.0467. The normalized spacial score (nSPS) is 12.8. The third-order valence-corrected chi connectivity index (χ3v) is 3.50. The number of hydrogen-bond acceptors (Lipinski definition) is 4. The van der Waals surface area contributed by atoms with Crippen LogP contribution < -0.4 is 5.73 Å². The Bertz CT molecular complexity index is 357. The summed E-state index contributed by atoms with van der Waals surface area (Å²) in [6.45, 7) is 6.76. The van der Waals surface area contributed by atoms with Gasteiger partial charge in [0.1, 0.15) is 11.9 Å². The zero-order valence-electron chi connectivity index (χ0n) is 9.96. The molecular weight excluding hydrogens is 317 g/mol. The van der Waals surface area contributed by atoms with Crippen molar-refractivity contribution in [3.8, 4) is 0 Å². The number of ether oxygens (including phenoxy) is 1. The van der Waals surface area contributed by atoms with Crippen molar-refractivity contribution in [2.75, 3.05) is 12.3 Å². The minimum Gasteiger partial charge on any atom is -0.383 e. The lowest BCUT2D eigenvalue weighted by atomic mass is 10.2. The van der Waals surface area contributed by atoms with Gasteiger partial charge >= 0.3 is 0 Å². The van der Waals surface area contributed by atoms with Crippen LogP contribution in [0.15, 0.2) is 0 Å². The maximum absolute atomic E-state index is 5.87. The zero-order chi connectivity index (χ0) is 12.1. The number of anilines is 1. The van der Waals surface area contributed by atoms with Crippen molar-refractivity contribution in [2.24, 2.45) is 0 Å². The van der Waals surface area contributed by atoms with Gasteiger partial charge < -0.3 is 10.5 Å². The van der Waals surface area contributed by atoms with Crippen molar-refractivity contribution >= 4 is 28.4 Å². The molecule has 1 unspecified atom stereocenters. The second-order valence-corrected chi connectivity index (χ2v) is 4.51. The van der Waals surface area contributed by atoms with E-state index in [2.05, 4.69) is 46.4 Å². The Kier molecular flexibility index (Phi) is 5.40. The standard InChI is InChI=1S/C11H18IN3O/c1-4-7-9(12)10(13)15-11(14-7)8(5-2)16-6-3/h8H,4-6H2,1-3H3,(H2,13,14,15). The summed E-state index contributed by atoms with van der Waals surface area (Å²) in [7, 11) is 0. The second-order valence-electron chi connectivity index (χ2n) is 3.43. The van der Waals surface area contributed by atoms with Crippen LogP contribution in [0.1, 0.15) is 44.8 Å². The first-order valence-electron chi connectivity index (χ1n) is 5.57. The molecule has 90 valence electrons. The Morgan fingerprint density at radius 1 is 1.31 bits per heavy atom. The van der Waals surface area contributed by atoms with Gasteiger partial charge in [0.2, 0.25) is 0 Å². The molecule has 0 aromatic carbocycles. The van der Waals surface area contributed by atoms with E-state index >= 15 is 0 Å². The first-order valence-corrected chi connectivity index (χ1v) is 6.65. The predicted molar refractivity (Wildman–Crippen MR) is 73.2 cm³/mol. The van der Waals surface area contributed by atoms with E-state index in [0.29, 0.717) is 18.2 Å². The lowest BCUT2D eigenvalue weighted by Gasteiger charge is -2.15. The van der Waals surface area contributed by atoms with Gasteiger partial charge in [-0.3, -0.25) is 0 Å². The lowest BCUT2D eigenvalue weighted by molar-refractivity contribution is 0.0534. The number of aromatic nitrogens is 2. The van der Waals surface area contributed by atoms with E-state index in [-0.39, 0.29) is 6.10 Å². The Labute approximate surface area is 110 Å². The molecule has 1 atom stereocenters. The first-order chi connectivity index (χ1) is 7.63. The molecule has 0 saturated carbocycles. The summed E-state index contributed by atoms with van der Waals surface area (Å²) in [4.78, 5) is 8.82. The van der Waals surface area contributed by atoms with Gasteiger partial charge in [-0.15, -0.1) is 0 Å². The number of halogens is 1. The van der Waals surface area contributed by atoms with Gasteiger partial charge in [-0.25, -0.2) is 9.97 Å². The Hall–Kier alpha value is -0.430. The smallest absolute Gasteiger partial charge is 0.159 e. The van der Waals surface area contributed by atoms with E-state index in [4.69, 9.17) is 10.5 Å². The molecule has 0 spiro atoms. The molecule has 5 heteroatoms. The van der Waals surface area contributed by atoms with Crippen LogP contribution in [0.2, 0.25) is 0 Å². The number of nitrogens with two attached hydrogens (primary N) is 1. The first kappa shape index (κ1) is 13.6. The van der Waals surface area contributed by atoms with Crippen LogP contribution >= 0.6 is 22.6 Å². The number of nitrogen functional groups attached to an aromatic ring is 1. The van der Waals surface area contributed by atoms with E-state index in [9.17, 15) is 0 Å². The van der Waals surface area contributed by atoms with Gasteiger partial charge in [0, 0.05) is 6.61 Å². The molecule has 0 amide bonds. The summed E-state index contributed by atoms with van der Waals surface area (Å²) in [5, 5.41) is 0. The van der Waals surface area contributed by atoms with Crippen LogP contribution in [0.3, 0.4) is 0 Å². The van der Waals surface area contributed by atoms with Crippen molar-refractivity contribution in [3.63, 3.8) is 0 Å². The maximum Gasteiger partial charge on any atom is 0.159 e. The summed E-state index contributed by atoms with van der Waals surface area (Å²) in [6, 6.07) is 0. The summed E-state index contributed by atoms with van der Waals surface area (Å²) in [5.41, 5.74) is 6.87. The van der Waals surface area contributed by atoms with Gasteiger partial charge in [0.25, 0.3) is 0 Å². The van der Waals surface area contributed by atoms with Crippen molar-refractivity contribution < 1.29 is 4.74 Å². The fourth-order valence-electron chi connectivity index (χ4n) is 1.49. The van der Waals surface area contributed by atoms with E-state index in [0.717, 1.165) is 22.1 Å². The molecule has 0 fully saturated rings. The largest absolute Gasteiger partial charge is 0.383 e. The van der Waals surface area contributed by atoms with Gasteiger partial charge in [-0.2, -0.15) is 0 Å². The summed E-state index contributed by atoms with van der Waals surface area (Å²) in [6.07, 6.45) is 1.67.